The first-order valence-corrected chi connectivity index (χ1v) is 4.40. The molecule has 1 rings (SSSR count). The molecule has 0 saturated carbocycles. The van der Waals surface area contributed by atoms with Gasteiger partial charge in [-0.05, 0) is 12.8 Å². The van der Waals surface area contributed by atoms with Crippen molar-refractivity contribution >= 4 is 0 Å². The van der Waals surface area contributed by atoms with Crippen molar-refractivity contribution in [3.8, 4) is 0 Å². The Morgan fingerprint density at radius 1 is 1.08 bits per heavy atom. The van der Waals surface area contributed by atoms with Crippen LogP contribution in [0.3, 0.4) is 0 Å². The van der Waals surface area contributed by atoms with Crippen LogP contribution in [0.1, 0.15) is 26.7 Å². The van der Waals surface area contributed by atoms with Gasteiger partial charge in [0.15, 0.2) is 5.72 Å². The predicted molar refractivity (Wildman–Crippen MR) is 46.0 cm³/mol. The number of hydrogen-bond acceptors (Lipinski definition) is 5. The van der Waals surface area contributed by atoms with Gasteiger partial charge in [-0.3, -0.25) is 4.74 Å². The van der Waals surface area contributed by atoms with Crippen molar-refractivity contribution in [2.24, 2.45) is 10.2 Å². The van der Waals surface area contributed by atoms with Crippen LogP contribution in [-0.4, -0.2) is 26.0 Å². The summed E-state index contributed by atoms with van der Waals surface area (Å²) in [5.74, 6) is 0. The molecular formula is C8H16N2O3. The first-order chi connectivity index (χ1) is 6.16. The van der Waals surface area contributed by atoms with E-state index in [9.17, 15) is 0 Å². The fourth-order valence-electron chi connectivity index (χ4n) is 1.22. The summed E-state index contributed by atoms with van der Waals surface area (Å²) in [6, 6.07) is 0. The lowest BCUT2D eigenvalue weighted by atomic mass is 10.1. The Labute approximate surface area is 78.1 Å². The van der Waals surface area contributed by atoms with E-state index in [1.165, 1.54) is 14.2 Å². The van der Waals surface area contributed by atoms with Crippen LogP contribution >= 0.6 is 0 Å². The zero-order valence-electron chi connectivity index (χ0n) is 8.53. The lowest BCUT2D eigenvalue weighted by Crippen LogP contribution is -2.39. The Morgan fingerprint density at radius 2 is 1.62 bits per heavy atom. The monoisotopic (exact) mass is 188 g/mol. The number of ether oxygens (including phenoxy) is 3. The molecule has 13 heavy (non-hydrogen) atoms. The molecule has 76 valence electrons. The molecule has 5 nitrogen and oxygen atoms in total. The zero-order valence-corrected chi connectivity index (χ0v) is 8.53. The molecule has 1 aliphatic rings. The molecule has 0 aliphatic carbocycles. The lowest BCUT2D eigenvalue weighted by Gasteiger charge is -2.26. The highest BCUT2D eigenvalue weighted by Gasteiger charge is 2.47. The van der Waals surface area contributed by atoms with E-state index in [1.807, 2.05) is 13.8 Å². The molecule has 0 radical (unpaired) electrons. The minimum atomic E-state index is -1.33. The summed E-state index contributed by atoms with van der Waals surface area (Å²) in [5.41, 5.74) is -0.577. The van der Waals surface area contributed by atoms with Gasteiger partial charge in [-0.1, -0.05) is 19.0 Å². The second kappa shape index (κ2) is 3.69. The van der Waals surface area contributed by atoms with Crippen molar-refractivity contribution in [2.75, 3.05) is 14.2 Å². The highest BCUT2D eigenvalue weighted by Crippen LogP contribution is 2.37. The Hall–Kier alpha value is -0.520. The van der Waals surface area contributed by atoms with Crippen molar-refractivity contribution < 1.29 is 14.2 Å². The van der Waals surface area contributed by atoms with Gasteiger partial charge < -0.3 is 9.47 Å². The Balaban J connectivity index is 2.77. The lowest BCUT2D eigenvalue weighted by molar-refractivity contribution is -0.371. The molecule has 0 saturated heterocycles. The average Bonchev–Trinajstić information content (AvgIpc) is 2.59. The van der Waals surface area contributed by atoms with E-state index in [2.05, 4.69) is 10.2 Å². The summed E-state index contributed by atoms with van der Waals surface area (Å²) >= 11 is 0. The smallest absolute Gasteiger partial charge is 0.310 e. The fraction of sp³-hybridized carbons (Fsp3) is 1.00. The highest BCUT2D eigenvalue weighted by molar-refractivity contribution is 4.79. The van der Waals surface area contributed by atoms with E-state index in [0.29, 0.717) is 0 Å². The van der Waals surface area contributed by atoms with Gasteiger partial charge in [0.2, 0.25) is 0 Å². The first-order valence-electron chi connectivity index (χ1n) is 4.40. The fourth-order valence-corrected chi connectivity index (χ4v) is 1.22. The minimum absolute atomic E-state index is 0.577. The molecule has 0 amide bonds. The summed E-state index contributed by atoms with van der Waals surface area (Å²) in [5, 5.41) is 7.91. The normalized spacial score (nSPS) is 23.7. The third-order valence-electron chi connectivity index (χ3n) is 2.29. The quantitative estimate of drug-likeness (QED) is 0.633. The maximum atomic E-state index is 5.56. The number of methoxy groups -OCH3 is 2. The molecule has 0 unspecified atom stereocenters. The maximum absolute atomic E-state index is 5.56. The van der Waals surface area contributed by atoms with Gasteiger partial charge in [-0.2, -0.15) is 5.11 Å². The van der Waals surface area contributed by atoms with Crippen LogP contribution in [-0.2, 0) is 14.2 Å². The molecular weight excluding hydrogens is 172 g/mol. The van der Waals surface area contributed by atoms with E-state index < -0.39 is 11.8 Å². The second-order valence-corrected chi connectivity index (χ2v) is 2.89. The van der Waals surface area contributed by atoms with Crippen molar-refractivity contribution in [1.82, 2.24) is 0 Å². The van der Waals surface area contributed by atoms with Crippen LogP contribution in [0.2, 0.25) is 0 Å². The summed E-state index contributed by atoms with van der Waals surface area (Å²) in [7, 11) is 2.95. The van der Waals surface area contributed by atoms with Crippen LogP contribution in [0.5, 0.6) is 0 Å². The molecule has 0 aromatic rings. The van der Waals surface area contributed by atoms with Gasteiger partial charge in [0.1, 0.15) is 0 Å². The topological polar surface area (TPSA) is 52.4 Å². The number of nitrogens with zero attached hydrogens (tertiary/aromatic N) is 2. The van der Waals surface area contributed by atoms with E-state index in [1.54, 1.807) is 0 Å². The van der Waals surface area contributed by atoms with Gasteiger partial charge in [-0.25, -0.2) is 0 Å². The maximum Gasteiger partial charge on any atom is 0.414 e. The molecule has 0 fully saturated rings. The van der Waals surface area contributed by atoms with Crippen molar-refractivity contribution in [3.63, 3.8) is 0 Å². The molecule has 0 aromatic carbocycles. The standard InChI is InChI=1S/C8H16N2O3/c1-5-7(6-2)9-10-8(11-3,12-4)13-7/h5-6H2,1-4H3. The number of hydrogen-bond donors (Lipinski definition) is 0. The number of rotatable bonds is 4. The van der Waals surface area contributed by atoms with Crippen molar-refractivity contribution in [2.45, 2.75) is 38.5 Å². The van der Waals surface area contributed by atoms with E-state index in [4.69, 9.17) is 14.2 Å². The molecule has 1 heterocycles. The van der Waals surface area contributed by atoms with Gasteiger partial charge in [0, 0.05) is 14.2 Å². The molecule has 0 bridgehead atoms. The third kappa shape index (κ3) is 1.72. The zero-order chi connectivity index (χ0) is 9.95. The number of azo groups is 1. The molecule has 0 aromatic heterocycles. The van der Waals surface area contributed by atoms with Crippen LogP contribution < -0.4 is 0 Å². The molecule has 0 spiro atoms. The summed E-state index contributed by atoms with van der Waals surface area (Å²) in [4.78, 5) is 0. The minimum Gasteiger partial charge on any atom is -0.310 e. The SMILES string of the molecule is CCC1(CC)N=NC(OC)(OC)O1. The van der Waals surface area contributed by atoms with Crippen molar-refractivity contribution in [3.05, 3.63) is 0 Å². The highest BCUT2D eigenvalue weighted by atomic mass is 16.9. The Bertz CT molecular complexity index is 178. The molecule has 5 heteroatoms. The van der Waals surface area contributed by atoms with Crippen LogP contribution in [0.25, 0.3) is 0 Å². The van der Waals surface area contributed by atoms with E-state index >= 15 is 0 Å². The summed E-state index contributed by atoms with van der Waals surface area (Å²) in [6.07, 6.45) is 0.176. The Kier molecular flexibility index (Phi) is 3.00. The van der Waals surface area contributed by atoms with Gasteiger partial charge >= 0.3 is 6.10 Å². The van der Waals surface area contributed by atoms with Crippen LogP contribution in [0.4, 0.5) is 0 Å². The first kappa shape index (κ1) is 10.6. The second-order valence-electron chi connectivity index (χ2n) is 2.89. The van der Waals surface area contributed by atoms with Crippen molar-refractivity contribution in [1.29, 1.82) is 0 Å². The predicted octanol–water partition coefficient (Wildman–Crippen LogP) is 1.89. The molecule has 0 N–H and O–H groups in total. The average molecular weight is 188 g/mol. The van der Waals surface area contributed by atoms with E-state index in [0.717, 1.165) is 12.8 Å². The molecule has 1 aliphatic heterocycles. The van der Waals surface area contributed by atoms with Gasteiger partial charge in [0.25, 0.3) is 0 Å². The van der Waals surface area contributed by atoms with Gasteiger partial charge in [0.05, 0.1) is 0 Å². The van der Waals surface area contributed by atoms with Gasteiger partial charge in [-0.15, -0.1) is 0 Å². The summed E-state index contributed by atoms with van der Waals surface area (Å²) < 4.78 is 15.6. The van der Waals surface area contributed by atoms with Crippen LogP contribution in [0.15, 0.2) is 10.2 Å². The summed E-state index contributed by atoms with van der Waals surface area (Å²) in [6.45, 7) is 3.98. The largest absolute Gasteiger partial charge is 0.414 e. The van der Waals surface area contributed by atoms with E-state index in [-0.39, 0.29) is 0 Å². The molecule has 0 atom stereocenters. The Morgan fingerprint density at radius 3 is 1.85 bits per heavy atom. The third-order valence-corrected chi connectivity index (χ3v) is 2.29. The van der Waals surface area contributed by atoms with Crippen LogP contribution in [0, 0.1) is 0 Å².